The lowest BCUT2D eigenvalue weighted by Gasteiger charge is -2.55. The minimum Gasteiger partial charge on any atom is -0.375 e. The van der Waals surface area contributed by atoms with Gasteiger partial charge in [0, 0.05) is 26.2 Å². The zero-order valence-electron chi connectivity index (χ0n) is 16.0. The van der Waals surface area contributed by atoms with Gasteiger partial charge < -0.3 is 9.47 Å². The lowest BCUT2D eigenvalue weighted by atomic mass is 9.90. The molecule has 1 atom stereocenters. The van der Waals surface area contributed by atoms with Gasteiger partial charge in [-0.1, -0.05) is 30.3 Å². The van der Waals surface area contributed by atoms with E-state index < -0.39 is 0 Å². The molecule has 148 valence electrons. The molecule has 27 heavy (non-hydrogen) atoms. The van der Waals surface area contributed by atoms with Gasteiger partial charge in [0.2, 0.25) is 0 Å². The Morgan fingerprint density at radius 3 is 2.78 bits per heavy atom. The van der Waals surface area contributed by atoms with Crippen LogP contribution in [-0.2, 0) is 25.7 Å². The van der Waals surface area contributed by atoms with Gasteiger partial charge in [0.25, 0.3) is 5.91 Å². The molecule has 0 bridgehead atoms. The smallest absolute Gasteiger partial charge is 0.265 e. The molecule has 3 saturated heterocycles. The predicted octanol–water partition coefficient (Wildman–Crippen LogP) is 0.752. The number of morpholine rings is 1. The van der Waals surface area contributed by atoms with Crippen LogP contribution in [0.15, 0.2) is 30.3 Å². The van der Waals surface area contributed by atoms with Crippen LogP contribution in [0.4, 0.5) is 0 Å². The molecule has 1 spiro atoms. The molecular weight excluding hydrogens is 346 g/mol. The number of amides is 1. The third kappa shape index (κ3) is 4.33. The fourth-order valence-electron chi connectivity index (χ4n) is 4.12. The van der Waals surface area contributed by atoms with Gasteiger partial charge in [-0.15, -0.1) is 0 Å². The van der Waals surface area contributed by atoms with Crippen LogP contribution in [-0.4, -0.2) is 92.0 Å². The van der Waals surface area contributed by atoms with E-state index in [-0.39, 0.29) is 17.6 Å². The van der Waals surface area contributed by atoms with Crippen molar-refractivity contribution in [1.29, 1.82) is 0 Å². The quantitative estimate of drug-likeness (QED) is 0.684. The number of rotatable bonds is 6. The van der Waals surface area contributed by atoms with E-state index in [0.29, 0.717) is 33.0 Å². The van der Waals surface area contributed by atoms with Gasteiger partial charge in [-0.05, 0) is 19.0 Å². The van der Waals surface area contributed by atoms with E-state index in [2.05, 4.69) is 21.9 Å². The van der Waals surface area contributed by atoms with Crippen molar-refractivity contribution in [3.05, 3.63) is 35.9 Å². The highest BCUT2D eigenvalue weighted by molar-refractivity contribution is 5.81. The van der Waals surface area contributed by atoms with E-state index in [1.54, 1.807) is 0 Å². The molecule has 7 nitrogen and oxygen atoms in total. The number of hydrogen-bond acceptors (Lipinski definition) is 6. The van der Waals surface area contributed by atoms with Crippen molar-refractivity contribution in [3.8, 4) is 0 Å². The van der Waals surface area contributed by atoms with Gasteiger partial charge in [-0.2, -0.15) is 0 Å². The van der Waals surface area contributed by atoms with E-state index in [9.17, 15) is 4.79 Å². The number of likely N-dealkylation sites (N-methyl/N-ethyl adjacent to an activating group) is 1. The maximum absolute atomic E-state index is 12.5. The molecule has 3 heterocycles. The van der Waals surface area contributed by atoms with Gasteiger partial charge in [0.1, 0.15) is 11.6 Å². The van der Waals surface area contributed by atoms with Crippen LogP contribution in [0, 0.1) is 0 Å². The Morgan fingerprint density at radius 1 is 1.26 bits per heavy atom. The molecule has 1 aromatic carbocycles. The lowest BCUT2D eigenvalue weighted by molar-refractivity contribution is -0.212. The Kier molecular flexibility index (Phi) is 5.75. The second-order valence-electron chi connectivity index (χ2n) is 7.80. The summed E-state index contributed by atoms with van der Waals surface area (Å²) in [5, 5.41) is 1.50. The molecule has 0 saturated carbocycles. The molecule has 3 aliphatic rings. The molecule has 0 unspecified atom stereocenters. The van der Waals surface area contributed by atoms with Crippen LogP contribution in [0.5, 0.6) is 0 Å². The van der Waals surface area contributed by atoms with Gasteiger partial charge >= 0.3 is 0 Å². The summed E-state index contributed by atoms with van der Waals surface area (Å²) in [5.41, 5.74) is 1.06. The van der Waals surface area contributed by atoms with Crippen molar-refractivity contribution in [3.63, 3.8) is 0 Å². The highest BCUT2D eigenvalue weighted by atomic mass is 16.7. The summed E-state index contributed by atoms with van der Waals surface area (Å²) in [7, 11) is 2.01. The third-order valence-corrected chi connectivity index (χ3v) is 5.59. The molecular formula is C20H29N3O4. The van der Waals surface area contributed by atoms with Crippen molar-refractivity contribution in [2.75, 3.05) is 59.6 Å². The number of carbonyl (C=O) groups is 1. The number of likely N-dealkylation sites (tertiary alicyclic amines) is 1. The Bertz CT molecular complexity index is 629. The van der Waals surface area contributed by atoms with Crippen molar-refractivity contribution >= 4 is 5.91 Å². The lowest BCUT2D eigenvalue weighted by Crippen LogP contribution is -2.72. The van der Waals surface area contributed by atoms with Crippen LogP contribution >= 0.6 is 0 Å². The third-order valence-electron chi connectivity index (χ3n) is 5.59. The molecule has 7 heteroatoms. The Morgan fingerprint density at radius 2 is 2.07 bits per heavy atom. The molecule has 0 radical (unpaired) electrons. The van der Waals surface area contributed by atoms with E-state index >= 15 is 0 Å². The van der Waals surface area contributed by atoms with Crippen LogP contribution in [0.1, 0.15) is 12.0 Å². The van der Waals surface area contributed by atoms with Gasteiger partial charge in [-0.25, -0.2) is 5.06 Å². The van der Waals surface area contributed by atoms with E-state index in [1.165, 1.54) is 10.6 Å². The fourth-order valence-corrected chi connectivity index (χ4v) is 4.12. The van der Waals surface area contributed by atoms with E-state index in [0.717, 1.165) is 32.6 Å². The maximum atomic E-state index is 12.5. The van der Waals surface area contributed by atoms with Gasteiger partial charge in [-0.3, -0.25) is 19.4 Å². The maximum Gasteiger partial charge on any atom is 0.265 e. The summed E-state index contributed by atoms with van der Waals surface area (Å²) < 4.78 is 11.9. The summed E-state index contributed by atoms with van der Waals surface area (Å²) >= 11 is 0. The molecule has 3 fully saturated rings. The fraction of sp³-hybridized carbons (Fsp3) is 0.650. The Labute approximate surface area is 160 Å². The van der Waals surface area contributed by atoms with Crippen LogP contribution in [0.2, 0.25) is 0 Å². The first-order valence-corrected chi connectivity index (χ1v) is 9.78. The molecule has 4 rings (SSSR count). The van der Waals surface area contributed by atoms with Crippen LogP contribution in [0.3, 0.4) is 0 Å². The highest BCUT2D eigenvalue weighted by Crippen LogP contribution is 2.31. The first kappa shape index (κ1) is 18.8. The first-order valence-electron chi connectivity index (χ1n) is 9.78. The highest BCUT2D eigenvalue weighted by Gasteiger charge is 2.50. The molecule has 3 aliphatic heterocycles. The van der Waals surface area contributed by atoms with Gasteiger partial charge in [0.05, 0.1) is 33.0 Å². The van der Waals surface area contributed by atoms with Crippen molar-refractivity contribution < 1.29 is 19.1 Å². The van der Waals surface area contributed by atoms with Crippen molar-refractivity contribution in [2.45, 2.75) is 24.7 Å². The zero-order valence-corrected chi connectivity index (χ0v) is 16.0. The van der Waals surface area contributed by atoms with Crippen molar-refractivity contribution in [2.24, 2.45) is 0 Å². The summed E-state index contributed by atoms with van der Waals surface area (Å²) in [6, 6.07) is 9.99. The average molecular weight is 375 g/mol. The summed E-state index contributed by atoms with van der Waals surface area (Å²) in [6.07, 6.45) is 0.911. The Balaban J connectivity index is 1.16. The standard InChI is InChI=1S/C20H29N3O4/c1-21-14-20(26-13-18(21)19(24)23-8-5-10-27-23)15-22(16-20)9-11-25-12-17-6-3-2-4-7-17/h2-4,6-7,18H,5,8-16H2,1H3/t18-/m0/s1. The van der Waals surface area contributed by atoms with Crippen LogP contribution in [0.25, 0.3) is 0 Å². The molecule has 0 aromatic heterocycles. The number of carbonyl (C=O) groups excluding carboxylic acids is 1. The summed E-state index contributed by atoms with van der Waals surface area (Å²) in [6.45, 7) is 6.60. The molecule has 0 aliphatic carbocycles. The van der Waals surface area contributed by atoms with Crippen LogP contribution < -0.4 is 0 Å². The number of hydroxylamine groups is 2. The largest absolute Gasteiger partial charge is 0.375 e. The van der Waals surface area contributed by atoms with Gasteiger partial charge in [0.15, 0.2) is 0 Å². The minimum atomic E-state index is -0.239. The number of ether oxygens (including phenoxy) is 2. The number of hydrogen-bond donors (Lipinski definition) is 0. The second kappa shape index (κ2) is 8.24. The molecule has 1 aromatic rings. The minimum absolute atomic E-state index is 0.0235. The summed E-state index contributed by atoms with van der Waals surface area (Å²) in [4.78, 5) is 22.4. The normalized spacial score (nSPS) is 25.7. The van der Waals surface area contributed by atoms with E-state index in [4.69, 9.17) is 14.3 Å². The first-order chi connectivity index (χ1) is 13.2. The predicted molar refractivity (Wildman–Crippen MR) is 99.9 cm³/mol. The second-order valence-corrected chi connectivity index (χ2v) is 7.80. The SMILES string of the molecule is CN1CC2(CN(CCOCc3ccccc3)C2)OC[C@H]1C(=O)N1CCCO1. The number of benzene rings is 1. The molecule has 0 N–H and O–H groups in total. The monoisotopic (exact) mass is 375 g/mol. The van der Waals surface area contributed by atoms with Crippen molar-refractivity contribution in [1.82, 2.24) is 14.9 Å². The topological polar surface area (TPSA) is 54.5 Å². The number of nitrogens with zero attached hydrogens (tertiary/aromatic N) is 3. The van der Waals surface area contributed by atoms with E-state index in [1.807, 2.05) is 25.2 Å². The Hall–Kier alpha value is -1.51. The summed E-state index contributed by atoms with van der Waals surface area (Å²) in [5.74, 6) is 0.0235. The molecule has 1 amide bonds. The zero-order chi connectivity index (χ0) is 18.7. The average Bonchev–Trinajstić information content (AvgIpc) is 3.19.